The van der Waals surface area contributed by atoms with Crippen LogP contribution in [0.3, 0.4) is 0 Å². The van der Waals surface area contributed by atoms with Crippen molar-refractivity contribution in [1.82, 2.24) is 0 Å². The fourth-order valence-corrected chi connectivity index (χ4v) is 6.66. The average molecular weight is 200 g/mol. The molecule has 0 radical (unpaired) electrons. The zero-order valence-electron chi connectivity index (χ0n) is 6.86. The monoisotopic (exact) mass is 200 g/mol. The van der Waals surface area contributed by atoms with E-state index in [0.717, 1.165) is 11.8 Å². The Balaban J connectivity index is 1.93. The molecule has 3 fully saturated rings. The maximum atomic E-state index is 10.9. The van der Waals surface area contributed by atoms with Gasteiger partial charge in [-0.15, -0.1) is 23.5 Å². The molecular formula is C9H12OS2. The first kappa shape index (κ1) is 7.74. The van der Waals surface area contributed by atoms with Crippen LogP contribution in [0.2, 0.25) is 0 Å². The van der Waals surface area contributed by atoms with E-state index in [1.54, 1.807) is 0 Å². The first-order valence-electron chi connectivity index (χ1n) is 4.60. The third-order valence-electron chi connectivity index (χ3n) is 3.42. The fourth-order valence-electron chi connectivity index (χ4n) is 2.79. The van der Waals surface area contributed by atoms with Crippen LogP contribution in [0, 0.1) is 17.8 Å². The summed E-state index contributed by atoms with van der Waals surface area (Å²) in [6.45, 7) is 0. The van der Waals surface area contributed by atoms with E-state index in [1.807, 2.05) is 0 Å². The lowest BCUT2D eigenvalue weighted by atomic mass is 10.0. The Morgan fingerprint density at radius 3 is 2.67 bits per heavy atom. The summed E-state index contributed by atoms with van der Waals surface area (Å²) in [7, 11) is 0. The number of hydrogen-bond acceptors (Lipinski definition) is 3. The molecule has 1 spiro atoms. The molecule has 0 bridgehead atoms. The van der Waals surface area contributed by atoms with E-state index < -0.39 is 0 Å². The first-order valence-corrected chi connectivity index (χ1v) is 6.57. The molecule has 1 nitrogen and oxygen atoms in total. The van der Waals surface area contributed by atoms with E-state index in [-0.39, 0.29) is 0 Å². The molecule has 0 N–H and O–H groups in total. The summed E-state index contributed by atoms with van der Waals surface area (Å²) in [6, 6.07) is 0. The van der Waals surface area contributed by atoms with Crippen LogP contribution in [0.1, 0.15) is 12.8 Å². The Labute approximate surface area is 81.0 Å². The summed E-state index contributed by atoms with van der Waals surface area (Å²) in [5.74, 6) is 4.71. The molecule has 0 aromatic rings. The van der Waals surface area contributed by atoms with Crippen molar-refractivity contribution in [2.75, 3.05) is 11.5 Å². The molecule has 1 saturated heterocycles. The van der Waals surface area contributed by atoms with Gasteiger partial charge in [0.05, 0.1) is 4.08 Å². The predicted molar refractivity (Wildman–Crippen MR) is 53.4 cm³/mol. The highest BCUT2D eigenvalue weighted by molar-refractivity contribution is 8.21. The highest BCUT2D eigenvalue weighted by atomic mass is 32.2. The summed E-state index contributed by atoms with van der Waals surface area (Å²) in [5.41, 5.74) is 0. The number of hydrogen-bond donors (Lipinski definition) is 0. The van der Waals surface area contributed by atoms with Gasteiger partial charge in [-0.3, -0.25) is 0 Å². The Morgan fingerprint density at radius 1 is 1.25 bits per heavy atom. The lowest BCUT2D eigenvalue weighted by molar-refractivity contribution is -0.111. The third kappa shape index (κ3) is 0.818. The molecule has 2 aliphatic carbocycles. The summed E-state index contributed by atoms with van der Waals surface area (Å²) < 4.78 is 0.354. The maximum Gasteiger partial charge on any atom is 0.125 e. The SMILES string of the molecule is O=CC1C[C@H]2C[C@H]2C12SCCS2. The van der Waals surface area contributed by atoms with Gasteiger partial charge in [0.1, 0.15) is 6.29 Å². The molecule has 3 atom stereocenters. The molecule has 12 heavy (non-hydrogen) atoms. The summed E-state index contributed by atoms with van der Waals surface area (Å²) in [5, 5.41) is 0. The molecule has 1 unspecified atom stereocenters. The number of fused-ring (bicyclic) bond motifs is 2. The van der Waals surface area contributed by atoms with Crippen LogP contribution < -0.4 is 0 Å². The van der Waals surface area contributed by atoms with Crippen LogP contribution in [-0.4, -0.2) is 21.9 Å². The first-order chi connectivity index (χ1) is 5.87. The molecule has 3 rings (SSSR count). The molecule has 66 valence electrons. The molecule has 3 aliphatic rings. The van der Waals surface area contributed by atoms with Gasteiger partial charge in [-0.05, 0) is 24.7 Å². The van der Waals surface area contributed by atoms with E-state index in [4.69, 9.17) is 0 Å². The van der Waals surface area contributed by atoms with E-state index in [2.05, 4.69) is 23.5 Å². The van der Waals surface area contributed by atoms with Crippen molar-refractivity contribution in [1.29, 1.82) is 0 Å². The molecule has 0 aromatic carbocycles. The highest BCUT2D eigenvalue weighted by Crippen LogP contribution is 2.71. The molecule has 1 heterocycles. The van der Waals surface area contributed by atoms with Crippen LogP contribution in [-0.2, 0) is 4.79 Å². The van der Waals surface area contributed by atoms with E-state index in [9.17, 15) is 4.79 Å². The van der Waals surface area contributed by atoms with Gasteiger partial charge in [-0.2, -0.15) is 0 Å². The van der Waals surface area contributed by atoms with E-state index in [0.29, 0.717) is 10.00 Å². The molecule has 1 aliphatic heterocycles. The number of thioether (sulfide) groups is 2. The number of carbonyl (C=O) groups excluding carboxylic acids is 1. The smallest absolute Gasteiger partial charge is 0.125 e. The van der Waals surface area contributed by atoms with E-state index in [1.165, 1.54) is 30.6 Å². The predicted octanol–water partition coefficient (Wildman–Crippen LogP) is 2.02. The van der Waals surface area contributed by atoms with Crippen LogP contribution in [0.4, 0.5) is 0 Å². The van der Waals surface area contributed by atoms with Crippen molar-refractivity contribution in [2.24, 2.45) is 17.8 Å². The van der Waals surface area contributed by atoms with E-state index >= 15 is 0 Å². The summed E-state index contributed by atoms with van der Waals surface area (Å²) >= 11 is 4.13. The zero-order chi connectivity index (χ0) is 8.18. The van der Waals surface area contributed by atoms with Crippen molar-refractivity contribution in [3.05, 3.63) is 0 Å². The van der Waals surface area contributed by atoms with Crippen molar-refractivity contribution in [3.8, 4) is 0 Å². The minimum atomic E-state index is 0.354. The quantitative estimate of drug-likeness (QED) is 0.603. The topological polar surface area (TPSA) is 17.1 Å². The Kier molecular flexibility index (Phi) is 1.58. The molecule has 0 aromatic heterocycles. The summed E-state index contributed by atoms with van der Waals surface area (Å²) in [6.07, 6.45) is 3.82. The van der Waals surface area contributed by atoms with Crippen LogP contribution in [0.5, 0.6) is 0 Å². The minimum absolute atomic E-state index is 0.354. The van der Waals surface area contributed by atoms with Gasteiger partial charge in [-0.1, -0.05) is 0 Å². The highest BCUT2D eigenvalue weighted by Gasteiger charge is 2.64. The number of carbonyl (C=O) groups is 1. The molecular weight excluding hydrogens is 188 g/mol. The van der Waals surface area contributed by atoms with Crippen molar-refractivity contribution < 1.29 is 4.79 Å². The van der Waals surface area contributed by atoms with Crippen molar-refractivity contribution >= 4 is 29.8 Å². The largest absolute Gasteiger partial charge is 0.303 e. The normalized spacial score (nSPS) is 47.8. The van der Waals surface area contributed by atoms with Gasteiger partial charge in [-0.25, -0.2) is 0 Å². The van der Waals surface area contributed by atoms with Crippen molar-refractivity contribution in [3.63, 3.8) is 0 Å². The lowest BCUT2D eigenvalue weighted by Crippen LogP contribution is -2.28. The van der Waals surface area contributed by atoms with Gasteiger partial charge in [0.25, 0.3) is 0 Å². The third-order valence-corrected chi connectivity index (χ3v) is 7.31. The zero-order valence-corrected chi connectivity index (χ0v) is 8.50. The fraction of sp³-hybridized carbons (Fsp3) is 0.889. The maximum absolute atomic E-state index is 10.9. The van der Waals surface area contributed by atoms with Gasteiger partial charge in [0, 0.05) is 17.4 Å². The Morgan fingerprint density at radius 2 is 2.00 bits per heavy atom. The Hall–Kier alpha value is 0.370. The van der Waals surface area contributed by atoms with Gasteiger partial charge in [0.15, 0.2) is 0 Å². The van der Waals surface area contributed by atoms with Gasteiger partial charge in [0.2, 0.25) is 0 Å². The molecule has 0 amide bonds. The van der Waals surface area contributed by atoms with Gasteiger partial charge >= 0.3 is 0 Å². The minimum Gasteiger partial charge on any atom is -0.303 e. The standard InChI is InChI=1S/C9H12OS2/c10-5-7-3-6-4-8(6)9(7)11-1-2-12-9/h5-8H,1-4H2/t6-,7?,8+/m0/s1. The second-order valence-electron chi connectivity index (χ2n) is 4.00. The second-order valence-corrected chi connectivity index (χ2v) is 7.00. The second kappa shape index (κ2) is 2.44. The lowest BCUT2D eigenvalue weighted by Gasteiger charge is -2.28. The molecule has 2 saturated carbocycles. The van der Waals surface area contributed by atoms with Crippen LogP contribution in [0.15, 0.2) is 0 Å². The Bertz CT molecular complexity index is 223. The average Bonchev–Trinajstić information content (AvgIpc) is 2.60. The van der Waals surface area contributed by atoms with Crippen molar-refractivity contribution in [2.45, 2.75) is 16.9 Å². The van der Waals surface area contributed by atoms with Crippen LogP contribution >= 0.6 is 23.5 Å². The number of rotatable bonds is 1. The summed E-state index contributed by atoms with van der Waals surface area (Å²) in [4.78, 5) is 10.9. The molecule has 3 heteroatoms. The van der Waals surface area contributed by atoms with Gasteiger partial charge < -0.3 is 4.79 Å². The van der Waals surface area contributed by atoms with Crippen LogP contribution in [0.25, 0.3) is 0 Å². The number of aldehydes is 1.